The number of hydrogen-bond acceptors (Lipinski definition) is 4. The van der Waals surface area contributed by atoms with Crippen LogP contribution in [0.5, 0.6) is 0 Å². The summed E-state index contributed by atoms with van der Waals surface area (Å²) >= 11 is 0. The van der Waals surface area contributed by atoms with E-state index >= 15 is 0 Å². The Labute approximate surface area is 122 Å². The molecule has 0 aliphatic carbocycles. The number of aliphatic hydroxyl groups is 1. The number of likely N-dealkylation sites (tertiary alicyclic amines) is 1. The van der Waals surface area contributed by atoms with Gasteiger partial charge in [0.05, 0.1) is 18.2 Å². The molecule has 2 aliphatic rings. The molecule has 0 radical (unpaired) electrons. The first-order valence-corrected chi connectivity index (χ1v) is 7.82. The van der Waals surface area contributed by atoms with E-state index < -0.39 is 5.54 Å². The summed E-state index contributed by atoms with van der Waals surface area (Å²) in [5.41, 5.74) is -0.487. The van der Waals surface area contributed by atoms with Gasteiger partial charge in [0, 0.05) is 13.1 Å². The molecule has 20 heavy (non-hydrogen) atoms. The molecular weight excluding hydrogens is 254 g/mol. The van der Waals surface area contributed by atoms with Gasteiger partial charge in [-0.25, -0.2) is 0 Å². The zero-order chi connectivity index (χ0) is 14.8. The maximum Gasteiger partial charge on any atom is 0.240 e. The number of nitrogens with zero attached hydrogens (tertiary/aromatic N) is 2. The van der Waals surface area contributed by atoms with Crippen LogP contribution in [0.25, 0.3) is 0 Å². The van der Waals surface area contributed by atoms with Crippen LogP contribution in [0, 0.1) is 0 Å². The molecule has 1 atom stereocenters. The second-order valence-corrected chi connectivity index (χ2v) is 6.74. The summed E-state index contributed by atoms with van der Waals surface area (Å²) in [6.45, 7) is 6.97. The molecule has 0 aromatic rings. The van der Waals surface area contributed by atoms with E-state index in [1.165, 1.54) is 0 Å². The van der Waals surface area contributed by atoms with Crippen molar-refractivity contribution in [3.8, 4) is 0 Å². The van der Waals surface area contributed by atoms with Gasteiger partial charge in [-0.05, 0) is 59.2 Å². The lowest BCUT2D eigenvalue weighted by Crippen LogP contribution is -2.56. The first-order chi connectivity index (χ1) is 9.47. The highest BCUT2D eigenvalue weighted by atomic mass is 16.3. The van der Waals surface area contributed by atoms with E-state index in [2.05, 4.69) is 10.2 Å². The van der Waals surface area contributed by atoms with Crippen molar-refractivity contribution in [2.24, 2.45) is 0 Å². The molecule has 1 amide bonds. The van der Waals surface area contributed by atoms with Crippen LogP contribution in [0.3, 0.4) is 0 Å². The van der Waals surface area contributed by atoms with E-state index in [4.69, 9.17) is 0 Å². The fourth-order valence-electron chi connectivity index (χ4n) is 3.26. The van der Waals surface area contributed by atoms with Crippen LogP contribution in [0.2, 0.25) is 0 Å². The number of carbonyl (C=O) groups is 1. The van der Waals surface area contributed by atoms with Crippen LogP contribution in [0.15, 0.2) is 0 Å². The van der Waals surface area contributed by atoms with E-state index in [1.54, 1.807) is 4.90 Å². The quantitative estimate of drug-likeness (QED) is 0.786. The van der Waals surface area contributed by atoms with Crippen LogP contribution >= 0.6 is 0 Å². The highest BCUT2D eigenvalue weighted by molar-refractivity contribution is 5.82. The van der Waals surface area contributed by atoms with E-state index in [9.17, 15) is 9.90 Å². The number of piperidine rings is 1. The standard InChI is InChI=1S/C15H29N3O2/c1-15(2,11-19)17(3)14(20)13-5-4-10-18(13)12-6-8-16-9-7-12/h12-13,16,19H,4-11H2,1-3H3. The summed E-state index contributed by atoms with van der Waals surface area (Å²) < 4.78 is 0. The van der Waals surface area contributed by atoms with Crippen molar-refractivity contribution in [3.05, 3.63) is 0 Å². The Morgan fingerprint density at radius 1 is 1.35 bits per heavy atom. The van der Waals surface area contributed by atoms with Gasteiger partial charge in [-0.1, -0.05) is 0 Å². The predicted molar refractivity (Wildman–Crippen MR) is 79.6 cm³/mol. The van der Waals surface area contributed by atoms with Gasteiger partial charge < -0.3 is 15.3 Å². The third-order valence-corrected chi connectivity index (χ3v) is 4.98. The first kappa shape index (κ1) is 15.7. The fraction of sp³-hybridized carbons (Fsp3) is 0.933. The largest absolute Gasteiger partial charge is 0.394 e. The molecule has 0 aromatic carbocycles. The van der Waals surface area contributed by atoms with Crippen LogP contribution in [0.4, 0.5) is 0 Å². The molecule has 2 heterocycles. The van der Waals surface area contributed by atoms with Crippen molar-refractivity contribution >= 4 is 5.91 Å². The molecule has 1 unspecified atom stereocenters. The Balaban J connectivity index is 2.04. The van der Waals surface area contributed by atoms with Crippen LogP contribution in [-0.4, -0.2) is 71.7 Å². The molecule has 2 N–H and O–H groups in total. The average molecular weight is 283 g/mol. The van der Waals surface area contributed by atoms with Crippen molar-refractivity contribution < 1.29 is 9.90 Å². The number of rotatable bonds is 4. The molecule has 2 aliphatic heterocycles. The summed E-state index contributed by atoms with van der Waals surface area (Å²) in [7, 11) is 1.82. The van der Waals surface area contributed by atoms with Crippen LogP contribution < -0.4 is 5.32 Å². The van der Waals surface area contributed by atoms with E-state index in [0.29, 0.717) is 6.04 Å². The Morgan fingerprint density at radius 3 is 2.60 bits per heavy atom. The summed E-state index contributed by atoms with van der Waals surface area (Å²) in [6.07, 6.45) is 4.33. The number of amides is 1. The number of likely N-dealkylation sites (N-methyl/N-ethyl adjacent to an activating group) is 1. The third-order valence-electron chi connectivity index (χ3n) is 4.98. The fourth-order valence-corrected chi connectivity index (χ4v) is 3.26. The maximum absolute atomic E-state index is 12.8. The number of hydrogen-bond donors (Lipinski definition) is 2. The van der Waals surface area contributed by atoms with Crippen molar-refractivity contribution in [1.29, 1.82) is 0 Å². The SMILES string of the molecule is CN(C(=O)C1CCCN1C1CCNCC1)C(C)(C)CO. The van der Waals surface area contributed by atoms with Crippen LogP contribution in [-0.2, 0) is 4.79 Å². The topological polar surface area (TPSA) is 55.8 Å². The number of aliphatic hydroxyl groups excluding tert-OH is 1. The minimum Gasteiger partial charge on any atom is -0.394 e. The second kappa shape index (κ2) is 6.41. The molecule has 2 saturated heterocycles. The highest BCUT2D eigenvalue weighted by Gasteiger charge is 2.39. The minimum absolute atomic E-state index is 0.00465. The van der Waals surface area contributed by atoms with E-state index in [-0.39, 0.29) is 18.6 Å². The normalized spacial score (nSPS) is 25.9. The molecule has 0 saturated carbocycles. The molecule has 2 rings (SSSR count). The molecule has 0 bridgehead atoms. The summed E-state index contributed by atoms with van der Waals surface area (Å²) in [5, 5.41) is 12.8. The van der Waals surface area contributed by atoms with Gasteiger partial charge in [-0.3, -0.25) is 9.69 Å². The van der Waals surface area contributed by atoms with Gasteiger partial charge in [-0.2, -0.15) is 0 Å². The number of nitrogens with one attached hydrogen (secondary N) is 1. The summed E-state index contributed by atoms with van der Waals surface area (Å²) in [5.74, 6) is 0.167. The van der Waals surface area contributed by atoms with Gasteiger partial charge >= 0.3 is 0 Å². The lowest BCUT2D eigenvalue weighted by atomic mass is 10.0. The van der Waals surface area contributed by atoms with E-state index in [0.717, 1.165) is 45.3 Å². The smallest absolute Gasteiger partial charge is 0.240 e. The highest BCUT2D eigenvalue weighted by Crippen LogP contribution is 2.27. The molecule has 5 nitrogen and oxygen atoms in total. The summed E-state index contributed by atoms with van der Waals surface area (Å²) in [6, 6.07) is 0.548. The molecule has 0 spiro atoms. The summed E-state index contributed by atoms with van der Waals surface area (Å²) in [4.78, 5) is 16.9. The first-order valence-electron chi connectivity index (χ1n) is 7.82. The van der Waals surface area contributed by atoms with Gasteiger partial charge in [0.1, 0.15) is 0 Å². The minimum atomic E-state index is -0.487. The zero-order valence-electron chi connectivity index (χ0n) is 13.1. The van der Waals surface area contributed by atoms with Gasteiger partial charge in [0.15, 0.2) is 0 Å². The molecule has 0 aromatic heterocycles. The molecule has 2 fully saturated rings. The van der Waals surface area contributed by atoms with Crippen molar-refractivity contribution in [1.82, 2.24) is 15.1 Å². The zero-order valence-corrected chi connectivity index (χ0v) is 13.1. The van der Waals surface area contributed by atoms with Gasteiger partial charge in [-0.15, -0.1) is 0 Å². The predicted octanol–water partition coefficient (Wildman–Crippen LogP) is 0.432. The Morgan fingerprint density at radius 2 is 2.00 bits per heavy atom. The molecular formula is C15H29N3O2. The number of carbonyl (C=O) groups excluding carboxylic acids is 1. The Kier molecular flexibility index (Phi) is 5.04. The Bertz CT molecular complexity index is 340. The average Bonchev–Trinajstić information content (AvgIpc) is 2.96. The lowest BCUT2D eigenvalue weighted by Gasteiger charge is -2.40. The third kappa shape index (κ3) is 3.15. The van der Waals surface area contributed by atoms with Crippen LogP contribution in [0.1, 0.15) is 39.5 Å². The van der Waals surface area contributed by atoms with Gasteiger partial charge in [0.2, 0.25) is 5.91 Å². The molecule has 116 valence electrons. The maximum atomic E-state index is 12.8. The second-order valence-electron chi connectivity index (χ2n) is 6.74. The monoisotopic (exact) mass is 283 g/mol. The van der Waals surface area contributed by atoms with Crippen molar-refractivity contribution in [3.63, 3.8) is 0 Å². The van der Waals surface area contributed by atoms with Crippen molar-refractivity contribution in [2.75, 3.05) is 33.3 Å². The van der Waals surface area contributed by atoms with Crippen molar-refractivity contribution in [2.45, 2.75) is 57.2 Å². The lowest BCUT2D eigenvalue weighted by molar-refractivity contribution is -0.141. The van der Waals surface area contributed by atoms with E-state index in [1.807, 2.05) is 20.9 Å². The molecule has 5 heteroatoms. The Hall–Kier alpha value is -0.650. The van der Waals surface area contributed by atoms with Gasteiger partial charge in [0.25, 0.3) is 0 Å².